The molecule has 2 N–H and O–H groups in total. The molecule has 0 aliphatic rings. The number of anilines is 1. The first-order valence-corrected chi connectivity index (χ1v) is 10.7. The van der Waals surface area contributed by atoms with Gasteiger partial charge in [0.1, 0.15) is 0 Å². The number of benzene rings is 3. The van der Waals surface area contributed by atoms with Gasteiger partial charge in [-0.2, -0.15) is 0 Å². The van der Waals surface area contributed by atoms with Crippen LogP contribution in [0.2, 0.25) is 0 Å². The third kappa shape index (κ3) is 5.15. The summed E-state index contributed by atoms with van der Waals surface area (Å²) in [6.45, 7) is 3.83. The fourth-order valence-electron chi connectivity index (χ4n) is 3.67. The number of pyridine rings is 1. The van der Waals surface area contributed by atoms with Gasteiger partial charge >= 0.3 is 5.97 Å². The minimum absolute atomic E-state index is 0.0964. The lowest BCUT2D eigenvalue weighted by atomic mass is 9.95. The largest absolute Gasteiger partial charge is 0.478 e. The lowest BCUT2D eigenvalue weighted by Gasteiger charge is -2.14. The van der Waals surface area contributed by atoms with Gasteiger partial charge in [0, 0.05) is 17.6 Å². The number of aromatic nitrogens is 1. The van der Waals surface area contributed by atoms with Crippen LogP contribution in [0.5, 0.6) is 0 Å². The van der Waals surface area contributed by atoms with Crippen LogP contribution in [0.3, 0.4) is 0 Å². The summed E-state index contributed by atoms with van der Waals surface area (Å²) in [5, 5.41) is 12.1. The van der Waals surface area contributed by atoms with Crippen LogP contribution in [0.1, 0.15) is 34.5 Å². The second-order valence-electron chi connectivity index (χ2n) is 7.98. The molecule has 4 aromatic rings. The average molecular weight is 437 g/mol. The zero-order valence-electron chi connectivity index (χ0n) is 18.4. The van der Waals surface area contributed by atoms with E-state index in [0.29, 0.717) is 0 Å². The van der Waals surface area contributed by atoms with E-state index in [-0.39, 0.29) is 17.4 Å². The first-order valence-electron chi connectivity index (χ1n) is 10.7. The van der Waals surface area contributed by atoms with Crippen molar-refractivity contribution in [2.24, 2.45) is 0 Å². The van der Waals surface area contributed by atoms with Gasteiger partial charge in [-0.25, -0.2) is 4.79 Å². The van der Waals surface area contributed by atoms with Crippen LogP contribution in [0.25, 0.3) is 22.3 Å². The molecule has 1 heterocycles. The predicted octanol–water partition coefficient (Wildman–Crippen LogP) is 6.16. The van der Waals surface area contributed by atoms with Crippen molar-refractivity contribution in [3.05, 3.63) is 108 Å². The van der Waals surface area contributed by atoms with E-state index in [4.69, 9.17) is 5.11 Å². The van der Waals surface area contributed by atoms with Crippen LogP contribution >= 0.6 is 0 Å². The van der Waals surface area contributed by atoms with E-state index in [2.05, 4.69) is 10.3 Å². The van der Waals surface area contributed by atoms with E-state index in [1.54, 1.807) is 30.5 Å². The highest BCUT2D eigenvalue weighted by Crippen LogP contribution is 2.26. The van der Waals surface area contributed by atoms with Crippen LogP contribution in [0.4, 0.5) is 5.69 Å². The average Bonchev–Trinajstić information content (AvgIpc) is 2.84. The number of nitrogens with one attached hydrogen (secondary N) is 1. The summed E-state index contributed by atoms with van der Waals surface area (Å²) in [4.78, 5) is 28.2. The number of nitrogens with zero attached hydrogens (tertiary/aromatic N) is 1. The quantitative estimate of drug-likeness (QED) is 0.379. The van der Waals surface area contributed by atoms with Gasteiger partial charge in [0.15, 0.2) is 0 Å². The Morgan fingerprint density at radius 2 is 1.45 bits per heavy atom. The third-order valence-electron chi connectivity index (χ3n) is 5.63. The molecule has 0 saturated carbocycles. The second-order valence-corrected chi connectivity index (χ2v) is 7.98. The van der Waals surface area contributed by atoms with Crippen molar-refractivity contribution in [1.82, 2.24) is 4.98 Å². The molecule has 164 valence electrons. The van der Waals surface area contributed by atoms with Crippen molar-refractivity contribution in [3.63, 3.8) is 0 Å². The van der Waals surface area contributed by atoms with Crippen molar-refractivity contribution in [3.8, 4) is 22.3 Å². The predicted molar refractivity (Wildman–Crippen MR) is 130 cm³/mol. The van der Waals surface area contributed by atoms with Crippen LogP contribution in [0, 0.1) is 6.92 Å². The monoisotopic (exact) mass is 436 g/mol. The molecule has 4 rings (SSSR count). The van der Waals surface area contributed by atoms with E-state index in [0.717, 1.165) is 39.2 Å². The molecule has 5 heteroatoms. The van der Waals surface area contributed by atoms with Gasteiger partial charge in [-0.3, -0.25) is 9.78 Å². The molecular weight excluding hydrogens is 412 g/mol. The topological polar surface area (TPSA) is 79.3 Å². The lowest BCUT2D eigenvalue weighted by molar-refractivity contribution is -0.117. The highest BCUT2D eigenvalue weighted by Gasteiger charge is 2.16. The van der Waals surface area contributed by atoms with E-state index in [1.165, 1.54) is 0 Å². The standard InChI is InChI=1S/C28H24N2O3/c1-18-16-25(14-15-29-18)21-10-12-26(13-11-21)30-27(31)19(2)23-4-3-5-24(17-23)20-6-8-22(9-7-20)28(32)33/h3-17,19H,1-2H3,(H,30,31)(H,32,33). The summed E-state index contributed by atoms with van der Waals surface area (Å²) in [7, 11) is 0. The number of carbonyl (C=O) groups is 2. The van der Waals surface area contributed by atoms with Crippen molar-refractivity contribution in [2.75, 3.05) is 5.32 Å². The van der Waals surface area contributed by atoms with E-state index >= 15 is 0 Å². The molecule has 1 unspecified atom stereocenters. The van der Waals surface area contributed by atoms with Crippen molar-refractivity contribution >= 4 is 17.6 Å². The number of carboxylic acid groups (broad SMARTS) is 1. The smallest absolute Gasteiger partial charge is 0.335 e. The number of rotatable bonds is 6. The number of carboxylic acids is 1. The van der Waals surface area contributed by atoms with Gasteiger partial charge in [-0.05, 0) is 78.1 Å². The summed E-state index contributed by atoms with van der Waals surface area (Å²) in [5.74, 6) is -1.41. The second kappa shape index (κ2) is 9.49. The number of hydrogen-bond donors (Lipinski definition) is 2. The van der Waals surface area contributed by atoms with Gasteiger partial charge in [-0.15, -0.1) is 0 Å². The molecule has 0 fully saturated rings. The van der Waals surface area contributed by atoms with Crippen LogP contribution in [0.15, 0.2) is 91.1 Å². The molecule has 0 saturated heterocycles. The van der Waals surface area contributed by atoms with Crippen LogP contribution < -0.4 is 5.32 Å². The molecule has 1 atom stereocenters. The zero-order chi connectivity index (χ0) is 23.4. The maximum atomic E-state index is 12.9. The van der Waals surface area contributed by atoms with Gasteiger partial charge in [0.2, 0.25) is 5.91 Å². The third-order valence-corrected chi connectivity index (χ3v) is 5.63. The first kappa shape index (κ1) is 22.0. The van der Waals surface area contributed by atoms with Gasteiger partial charge in [0.25, 0.3) is 0 Å². The molecular formula is C28H24N2O3. The Balaban J connectivity index is 1.47. The molecule has 5 nitrogen and oxygen atoms in total. The summed E-state index contributed by atoms with van der Waals surface area (Å²) >= 11 is 0. The molecule has 3 aromatic carbocycles. The van der Waals surface area contributed by atoms with Crippen LogP contribution in [-0.4, -0.2) is 22.0 Å². The van der Waals surface area contributed by atoms with E-state index in [9.17, 15) is 9.59 Å². The Labute approximate surface area is 192 Å². The maximum Gasteiger partial charge on any atom is 0.335 e. The first-order chi connectivity index (χ1) is 15.9. The van der Waals surface area contributed by atoms with Crippen molar-refractivity contribution in [2.45, 2.75) is 19.8 Å². The number of amides is 1. The number of hydrogen-bond acceptors (Lipinski definition) is 3. The Bertz CT molecular complexity index is 1300. The molecule has 0 spiro atoms. The summed E-state index contributed by atoms with van der Waals surface area (Å²) in [6.07, 6.45) is 1.79. The molecule has 0 bridgehead atoms. The summed E-state index contributed by atoms with van der Waals surface area (Å²) in [6, 6.07) is 26.2. The summed E-state index contributed by atoms with van der Waals surface area (Å²) in [5.41, 5.74) is 6.80. The fourth-order valence-corrected chi connectivity index (χ4v) is 3.67. The molecule has 1 amide bonds. The molecule has 33 heavy (non-hydrogen) atoms. The molecule has 0 radical (unpaired) electrons. The minimum Gasteiger partial charge on any atom is -0.478 e. The lowest BCUT2D eigenvalue weighted by Crippen LogP contribution is -2.18. The minimum atomic E-state index is -0.954. The molecule has 1 aromatic heterocycles. The van der Waals surface area contributed by atoms with Crippen LogP contribution in [-0.2, 0) is 4.79 Å². The zero-order valence-corrected chi connectivity index (χ0v) is 18.4. The number of carbonyl (C=O) groups excluding carboxylic acids is 1. The normalized spacial score (nSPS) is 11.6. The Morgan fingerprint density at radius 1 is 0.818 bits per heavy atom. The Hall–Kier alpha value is -4.25. The summed E-state index contributed by atoms with van der Waals surface area (Å²) < 4.78 is 0. The highest BCUT2D eigenvalue weighted by molar-refractivity contribution is 5.96. The fraction of sp³-hybridized carbons (Fsp3) is 0.107. The maximum absolute atomic E-state index is 12.9. The molecule has 0 aliphatic carbocycles. The highest BCUT2D eigenvalue weighted by atomic mass is 16.4. The van der Waals surface area contributed by atoms with Crippen molar-refractivity contribution < 1.29 is 14.7 Å². The number of aryl methyl sites for hydroxylation is 1. The number of aromatic carboxylic acids is 1. The van der Waals surface area contributed by atoms with Gasteiger partial charge in [-0.1, -0.05) is 48.5 Å². The van der Waals surface area contributed by atoms with Crippen molar-refractivity contribution in [1.29, 1.82) is 0 Å². The molecule has 0 aliphatic heterocycles. The van der Waals surface area contributed by atoms with E-state index in [1.807, 2.05) is 74.5 Å². The SMILES string of the molecule is Cc1cc(-c2ccc(NC(=O)C(C)c3cccc(-c4ccc(C(=O)O)cc4)c3)cc2)ccn1. The van der Waals surface area contributed by atoms with Gasteiger partial charge < -0.3 is 10.4 Å². The Morgan fingerprint density at radius 3 is 2.09 bits per heavy atom. The Kier molecular flexibility index (Phi) is 6.31. The van der Waals surface area contributed by atoms with Gasteiger partial charge in [0.05, 0.1) is 11.5 Å². The van der Waals surface area contributed by atoms with E-state index < -0.39 is 5.97 Å².